The van der Waals surface area contributed by atoms with Crippen molar-refractivity contribution in [3.8, 4) is 18.2 Å². The van der Waals surface area contributed by atoms with E-state index in [1.807, 2.05) is 12.1 Å². The van der Waals surface area contributed by atoms with Crippen LogP contribution in [-0.4, -0.2) is 5.87 Å². The summed E-state index contributed by atoms with van der Waals surface area (Å²) in [5.41, 5.74) is -1.59. The molecule has 4 heteroatoms. The summed E-state index contributed by atoms with van der Waals surface area (Å²) < 4.78 is 0. The van der Waals surface area contributed by atoms with E-state index in [0.717, 1.165) is 12.8 Å². The van der Waals surface area contributed by atoms with Gasteiger partial charge in [0.2, 0.25) is 5.41 Å². The van der Waals surface area contributed by atoms with E-state index < -0.39 is 5.41 Å². The summed E-state index contributed by atoms with van der Waals surface area (Å²) in [6.45, 7) is 4.34. The standard InChI is InChI=1S/C15H14N4/c1-13(2)8-14(13)4-3-11(5-14)15(9-18,10-19)12(6-16)7-17/h5,11H,3-4,8H2,1-2H3. The van der Waals surface area contributed by atoms with Crippen molar-refractivity contribution in [2.75, 3.05) is 0 Å². The van der Waals surface area contributed by atoms with Gasteiger partial charge < -0.3 is 5.41 Å². The third kappa shape index (κ3) is 1.57. The van der Waals surface area contributed by atoms with Crippen molar-refractivity contribution >= 4 is 5.87 Å². The smallest absolute Gasteiger partial charge is 0.225 e. The molecule has 0 aromatic carbocycles. The Balaban J connectivity index is 2.36. The molecule has 2 unspecified atom stereocenters. The largest absolute Gasteiger partial charge is 0.762 e. The first-order valence-corrected chi connectivity index (χ1v) is 6.27. The zero-order valence-electron chi connectivity index (χ0n) is 11.1. The molecule has 0 N–H and O–H groups in total. The zero-order valence-corrected chi connectivity index (χ0v) is 11.1. The molecule has 0 amide bonds. The fourth-order valence-corrected chi connectivity index (χ4v) is 3.45. The van der Waals surface area contributed by atoms with E-state index in [9.17, 15) is 10.5 Å². The predicted octanol–water partition coefficient (Wildman–Crippen LogP) is 2.74. The molecule has 2 fully saturated rings. The van der Waals surface area contributed by atoms with Gasteiger partial charge in [-0.15, -0.1) is 0 Å². The molecule has 2 rings (SSSR count). The van der Waals surface area contributed by atoms with Gasteiger partial charge in [-0.1, -0.05) is 13.8 Å². The minimum atomic E-state index is -1.61. The number of rotatable bonds is 2. The lowest BCUT2D eigenvalue weighted by atomic mass is 9.71. The lowest BCUT2D eigenvalue weighted by Gasteiger charge is -2.19. The Morgan fingerprint density at radius 3 is 2.21 bits per heavy atom. The monoisotopic (exact) mass is 250 g/mol. The first kappa shape index (κ1) is 13.2. The fraction of sp³-hybridized carbons (Fsp3) is 0.600. The highest BCUT2D eigenvalue weighted by molar-refractivity contribution is 5.71. The summed E-state index contributed by atoms with van der Waals surface area (Å²) in [4.78, 5) is 0. The van der Waals surface area contributed by atoms with Gasteiger partial charge in [0.05, 0.1) is 24.1 Å². The van der Waals surface area contributed by atoms with Gasteiger partial charge in [0.25, 0.3) is 0 Å². The topological polar surface area (TPSA) is 93.7 Å². The molecular weight excluding hydrogens is 236 g/mol. The van der Waals surface area contributed by atoms with Crippen molar-refractivity contribution in [2.24, 2.45) is 22.2 Å². The maximum Gasteiger partial charge on any atom is 0.225 e. The number of hydrogen-bond acceptors (Lipinski definition) is 3. The van der Waals surface area contributed by atoms with Crippen LogP contribution in [0.15, 0.2) is 5.57 Å². The van der Waals surface area contributed by atoms with Crippen LogP contribution < -0.4 is 0 Å². The molecule has 0 bridgehead atoms. The second-order valence-electron chi connectivity index (χ2n) is 6.16. The number of hydrogen-bond donors (Lipinski definition) is 0. The van der Waals surface area contributed by atoms with E-state index in [1.54, 1.807) is 11.9 Å². The van der Waals surface area contributed by atoms with E-state index >= 15 is 0 Å². The van der Waals surface area contributed by atoms with Crippen molar-refractivity contribution in [3.63, 3.8) is 0 Å². The highest BCUT2D eigenvalue weighted by Gasteiger charge is 2.73. The molecule has 0 aromatic heterocycles. The van der Waals surface area contributed by atoms with E-state index in [1.165, 1.54) is 0 Å². The molecule has 94 valence electrons. The average molecular weight is 250 g/mol. The van der Waals surface area contributed by atoms with Crippen LogP contribution in [0, 0.1) is 62.6 Å². The maximum absolute atomic E-state index is 9.37. The van der Waals surface area contributed by atoms with Crippen molar-refractivity contribution in [2.45, 2.75) is 33.1 Å². The van der Waals surface area contributed by atoms with Gasteiger partial charge in [-0.05, 0) is 12.8 Å². The van der Waals surface area contributed by atoms with Crippen LogP contribution >= 0.6 is 0 Å². The van der Waals surface area contributed by atoms with Gasteiger partial charge in [0.15, 0.2) is 0 Å². The van der Waals surface area contributed by atoms with Gasteiger partial charge in [-0.25, -0.2) is 0 Å². The minimum Gasteiger partial charge on any atom is -0.762 e. The second-order valence-corrected chi connectivity index (χ2v) is 6.16. The van der Waals surface area contributed by atoms with Gasteiger partial charge in [0, 0.05) is 11.8 Å². The van der Waals surface area contributed by atoms with Crippen molar-refractivity contribution in [1.82, 2.24) is 0 Å². The lowest BCUT2D eigenvalue weighted by molar-refractivity contribution is 0.425. The molecule has 19 heavy (non-hydrogen) atoms. The highest BCUT2D eigenvalue weighted by atomic mass is 14.7. The first-order chi connectivity index (χ1) is 8.91. The maximum atomic E-state index is 9.37. The number of allylic oxidation sites excluding steroid dienone is 1. The first-order valence-electron chi connectivity index (χ1n) is 6.27. The Morgan fingerprint density at radius 1 is 1.32 bits per heavy atom. The van der Waals surface area contributed by atoms with Gasteiger partial charge >= 0.3 is 0 Å². The molecular formula is C15H14N4. The van der Waals surface area contributed by atoms with Gasteiger partial charge in [-0.3, -0.25) is 5.87 Å². The fourth-order valence-electron chi connectivity index (χ4n) is 3.45. The molecule has 0 heterocycles. The van der Waals surface area contributed by atoms with Crippen LogP contribution in [-0.2, 0) is 0 Å². The average Bonchev–Trinajstić information content (AvgIpc) is 2.75. The Bertz CT molecular complexity index is 575. The molecule has 2 saturated carbocycles. The summed E-state index contributed by atoms with van der Waals surface area (Å²) in [7, 11) is 0. The number of nitrogens with zero attached hydrogens (tertiary/aromatic N) is 4. The molecule has 2 aliphatic carbocycles. The van der Waals surface area contributed by atoms with Crippen LogP contribution in [0.2, 0.25) is 0 Å². The van der Waals surface area contributed by atoms with Crippen LogP contribution in [0.1, 0.15) is 33.1 Å². The molecule has 1 spiro atoms. The van der Waals surface area contributed by atoms with Crippen LogP contribution in [0.3, 0.4) is 0 Å². The minimum absolute atomic E-state index is 0.0899. The summed E-state index contributed by atoms with van der Waals surface area (Å²) in [5, 5.41) is 36.8. The van der Waals surface area contributed by atoms with E-state index in [4.69, 9.17) is 10.7 Å². The molecule has 0 aromatic rings. The molecule has 2 aliphatic rings. The molecule has 0 radical (unpaired) electrons. The predicted molar refractivity (Wildman–Crippen MR) is 69.0 cm³/mol. The molecule has 0 aliphatic heterocycles. The van der Waals surface area contributed by atoms with Crippen LogP contribution in [0.4, 0.5) is 0 Å². The normalized spacial score (nSPS) is 30.4. The second kappa shape index (κ2) is 3.89. The third-order valence-corrected chi connectivity index (χ3v) is 4.93. The van der Waals surface area contributed by atoms with Crippen LogP contribution in [0.5, 0.6) is 0 Å². The van der Waals surface area contributed by atoms with Crippen molar-refractivity contribution < 1.29 is 0 Å². The Hall–Kier alpha value is -2.21. The summed E-state index contributed by atoms with van der Waals surface area (Å²) >= 11 is 0. The van der Waals surface area contributed by atoms with Crippen molar-refractivity contribution in [3.05, 3.63) is 17.4 Å². The van der Waals surface area contributed by atoms with Crippen LogP contribution in [0.25, 0.3) is 5.41 Å². The third-order valence-electron chi connectivity index (χ3n) is 4.93. The lowest BCUT2D eigenvalue weighted by Crippen LogP contribution is -2.29. The van der Waals surface area contributed by atoms with Gasteiger partial charge in [-0.2, -0.15) is 15.8 Å². The zero-order chi connectivity index (χ0) is 14.3. The molecule has 4 nitrogen and oxygen atoms in total. The Kier molecular flexibility index (Phi) is 2.71. The Morgan fingerprint density at radius 2 is 1.89 bits per heavy atom. The van der Waals surface area contributed by atoms with Crippen molar-refractivity contribution in [1.29, 1.82) is 15.8 Å². The highest BCUT2D eigenvalue weighted by Crippen LogP contribution is 2.73. The van der Waals surface area contributed by atoms with E-state index in [-0.39, 0.29) is 22.3 Å². The number of nitriles is 3. The van der Waals surface area contributed by atoms with E-state index in [0.29, 0.717) is 6.42 Å². The SMILES string of the molecule is CC1(C)CC12[CH+]C(C(C#N)(C#N)C(=C=[N-])C#N)CC2. The molecule has 0 saturated heterocycles. The summed E-state index contributed by atoms with van der Waals surface area (Å²) in [5.74, 6) is 1.41. The van der Waals surface area contributed by atoms with E-state index in [2.05, 4.69) is 20.3 Å². The quantitative estimate of drug-likeness (QED) is 0.428. The summed E-state index contributed by atoms with van der Waals surface area (Å²) in [6, 6.07) is 5.59. The Labute approximate surface area is 113 Å². The summed E-state index contributed by atoms with van der Waals surface area (Å²) in [6.07, 6.45) is 4.74. The molecule has 2 atom stereocenters. The van der Waals surface area contributed by atoms with Gasteiger partial charge in [0.1, 0.15) is 17.4 Å².